The van der Waals surface area contributed by atoms with E-state index in [1.165, 1.54) is 6.07 Å². The highest BCUT2D eigenvalue weighted by atomic mass is 19.1. The molecule has 0 amide bonds. The number of furan rings is 2. The molecule has 2 aromatic heterocycles. The smallest absolute Gasteiger partial charge is 0.165 e. The van der Waals surface area contributed by atoms with Crippen molar-refractivity contribution >= 4 is 0 Å². The van der Waals surface area contributed by atoms with Crippen LogP contribution in [0.3, 0.4) is 0 Å². The molecule has 0 saturated carbocycles. The van der Waals surface area contributed by atoms with Gasteiger partial charge in [-0.15, -0.1) is 0 Å². The summed E-state index contributed by atoms with van der Waals surface area (Å²) < 4.78 is 29.6. The van der Waals surface area contributed by atoms with Crippen LogP contribution in [0.15, 0.2) is 63.8 Å². The molecule has 0 radical (unpaired) electrons. The zero-order valence-corrected chi connectivity index (χ0v) is 10.0. The van der Waals surface area contributed by atoms with Crippen LogP contribution >= 0.6 is 0 Å². The molecule has 0 fully saturated rings. The van der Waals surface area contributed by atoms with Crippen LogP contribution in [0.2, 0.25) is 0 Å². The first-order valence-corrected chi connectivity index (χ1v) is 5.81. The van der Waals surface area contributed by atoms with Crippen molar-refractivity contribution in [2.24, 2.45) is 0 Å². The topological polar surface area (TPSA) is 35.5 Å². The van der Waals surface area contributed by atoms with Crippen LogP contribution in [0.1, 0.15) is 5.76 Å². The van der Waals surface area contributed by atoms with Gasteiger partial charge >= 0.3 is 0 Å². The van der Waals surface area contributed by atoms with Crippen LogP contribution < -0.4 is 4.74 Å². The summed E-state index contributed by atoms with van der Waals surface area (Å²) in [6.07, 6.45) is 3.10. The van der Waals surface area contributed by atoms with E-state index in [2.05, 4.69) is 0 Å². The maximum absolute atomic E-state index is 13.9. The van der Waals surface area contributed by atoms with E-state index in [1.807, 2.05) is 0 Å². The average Bonchev–Trinajstić information content (AvgIpc) is 3.10. The molecule has 3 rings (SSSR count). The maximum atomic E-state index is 13.9. The molecule has 0 unspecified atom stereocenters. The fraction of sp³-hybridized carbons (Fsp3) is 0.0667. The molecular weight excluding hydrogens is 247 g/mol. The normalized spacial score (nSPS) is 10.6. The van der Waals surface area contributed by atoms with Crippen LogP contribution in [0, 0.1) is 5.82 Å². The van der Waals surface area contributed by atoms with E-state index < -0.39 is 5.82 Å². The van der Waals surface area contributed by atoms with Gasteiger partial charge in [-0.2, -0.15) is 0 Å². The fourth-order valence-corrected chi connectivity index (χ4v) is 1.76. The summed E-state index contributed by atoms with van der Waals surface area (Å²) in [6.45, 7) is 0.198. The van der Waals surface area contributed by atoms with Crippen LogP contribution in [0.5, 0.6) is 5.75 Å². The zero-order chi connectivity index (χ0) is 13.1. The molecule has 0 spiro atoms. The van der Waals surface area contributed by atoms with E-state index in [0.717, 1.165) is 0 Å². The summed E-state index contributed by atoms with van der Waals surface area (Å²) in [5.74, 6) is 1.03. The Morgan fingerprint density at radius 3 is 2.53 bits per heavy atom. The predicted octanol–water partition coefficient (Wildman–Crippen LogP) is 4.26. The van der Waals surface area contributed by atoms with E-state index in [0.29, 0.717) is 17.1 Å². The third-order valence-electron chi connectivity index (χ3n) is 2.69. The highest BCUT2D eigenvalue weighted by Crippen LogP contribution is 2.26. The Morgan fingerprint density at radius 1 is 1.00 bits per heavy atom. The zero-order valence-electron chi connectivity index (χ0n) is 10.0. The third kappa shape index (κ3) is 2.52. The summed E-state index contributed by atoms with van der Waals surface area (Å²) in [7, 11) is 0. The highest BCUT2D eigenvalue weighted by Gasteiger charge is 2.08. The van der Waals surface area contributed by atoms with E-state index in [-0.39, 0.29) is 12.4 Å². The molecule has 1 aromatic carbocycles. The van der Waals surface area contributed by atoms with E-state index in [9.17, 15) is 4.39 Å². The minimum Gasteiger partial charge on any atom is -0.483 e. The second-order valence-corrected chi connectivity index (χ2v) is 3.99. The molecule has 4 heteroatoms. The van der Waals surface area contributed by atoms with E-state index >= 15 is 0 Å². The quantitative estimate of drug-likeness (QED) is 0.701. The largest absolute Gasteiger partial charge is 0.483 e. The van der Waals surface area contributed by atoms with E-state index in [1.54, 1.807) is 48.9 Å². The molecule has 0 aliphatic carbocycles. The van der Waals surface area contributed by atoms with Gasteiger partial charge in [0.2, 0.25) is 0 Å². The molecule has 3 nitrogen and oxygen atoms in total. The van der Waals surface area contributed by atoms with Crippen LogP contribution in [0.25, 0.3) is 11.3 Å². The molecular formula is C15H11FO3. The molecule has 0 saturated heterocycles. The van der Waals surface area contributed by atoms with Crippen LogP contribution in [0.4, 0.5) is 4.39 Å². The van der Waals surface area contributed by atoms with Crippen molar-refractivity contribution in [3.8, 4) is 17.1 Å². The average molecular weight is 258 g/mol. The van der Waals surface area contributed by atoms with Gasteiger partial charge in [0.1, 0.15) is 18.1 Å². The molecule has 0 N–H and O–H groups in total. The van der Waals surface area contributed by atoms with Crippen molar-refractivity contribution in [1.29, 1.82) is 0 Å². The fourth-order valence-electron chi connectivity index (χ4n) is 1.76. The van der Waals surface area contributed by atoms with E-state index in [4.69, 9.17) is 13.6 Å². The lowest BCUT2D eigenvalue weighted by Crippen LogP contribution is -1.96. The Labute approximate surface area is 109 Å². The van der Waals surface area contributed by atoms with Gasteiger partial charge in [-0.05, 0) is 42.5 Å². The summed E-state index contributed by atoms with van der Waals surface area (Å²) in [4.78, 5) is 0. The first kappa shape index (κ1) is 11.6. The van der Waals surface area contributed by atoms with Gasteiger partial charge < -0.3 is 13.6 Å². The Hall–Kier alpha value is -2.49. The summed E-state index contributed by atoms with van der Waals surface area (Å²) in [5.41, 5.74) is 0.674. The van der Waals surface area contributed by atoms with Gasteiger partial charge in [-0.3, -0.25) is 0 Å². The highest BCUT2D eigenvalue weighted by molar-refractivity contribution is 5.58. The number of ether oxygens (including phenoxy) is 1. The van der Waals surface area contributed by atoms with Crippen molar-refractivity contribution in [1.82, 2.24) is 0 Å². The predicted molar refractivity (Wildman–Crippen MR) is 67.1 cm³/mol. The number of hydrogen-bond acceptors (Lipinski definition) is 3. The SMILES string of the molecule is Fc1cc(-c2ccco2)ccc1OCc1ccco1. The molecule has 0 atom stereocenters. The minimum atomic E-state index is -0.430. The molecule has 2 heterocycles. The lowest BCUT2D eigenvalue weighted by atomic mass is 10.1. The van der Waals surface area contributed by atoms with Crippen molar-refractivity contribution in [3.05, 3.63) is 66.6 Å². The van der Waals surface area contributed by atoms with Gasteiger partial charge in [0.25, 0.3) is 0 Å². The lowest BCUT2D eigenvalue weighted by molar-refractivity contribution is 0.258. The number of halogens is 1. The summed E-state index contributed by atoms with van der Waals surface area (Å²) in [6, 6.07) is 11.8. The first-order valence-electron chi connectivity index (χ1n) is 5.81. The van der Waals surface area contributed by atoms with Gasteiger partial charge in [-0.1, -0.05) is 0 Å². The van der Waals surface area contributed by atoms with Crippen molar-refractivity contribution < 1.29 is 18.0 Å². The molecule has 96 valence electrons. The maximum Gasteiger partial charge on any atom is 0.165 e. The van der Waals surface area contributed by atoms with Gasteiger partial charge in [0, 0.05) is 5.56 Å². The Bertz CT molecular complexity index is 642. The minimum absolute atomic E-state index is 0.187. The number of hydrogen-bond donors (Lipinski definition) is 0. The van der Waals surface area contributed by atoms with Crippen molar-refractivity contribution in [2.75, 3.05) is 0 Å². The van der Waals surface area contributed by atoms with Gasteiger partial charge in [0.05, 0.1) is 12.5 Å². The number of benzene rings is 1. The van der Waals surface area contributed by atoms with Gasteiger partial charge in [-0.25, -0.2) is 4.39 Å². The lowest BCUT2D eigenvalue weighted by Gasteiger charge is -2.06. The Balaban J connectivity index is 1.76. The third-order valence-corrected chi connectivity index (χ3v) is 2.69. The van der Waals surface area contributed by atoms with Crippen molar-refractivity contribution in [3.63, 3.8) is 0 Å². The summed E-state index contributed by atoms with van der Waals surface area (Å²) >= 11 is 0. The Kier molecular flexibility index (Phi) is 3.06. The molecule has 0 aliphatic heterocycles. The van der Waals surface area contributed by atoms with Crippen LogP contribution in [-0.2, 0) is 6.61 Å². The molecule has 0 aliphatic rings. The second kappa shape index (κ2) is 5.02. The molecule has 19 heavy (non-hydrogen) atoms. The Morgan fingerprint density at radius 2 is 1.84 bits per heavy atom. The standard InChI is InChI=1S/C15H11FO3/c16-13-9-11(14-4-2-8-18-14)5-6-15(13)19-10-12-3-1-7-17-12/h1-9H,10H2. The van der Waals surface area contributed by atoms with Gasteiger partial charge in [0.15, 0.2) is 11.6 Å². The monoisotopic (exact) mass is 258 g/mol. The molecule has 3 aromatic rings. The second-order valence-electron chi connectivity index (χ2n) is 3.99. The molecule has 0 bridgehead atoms. The summed E-state index contributed by atoms with van der Waals surface area (Å²) in [5, 5.41) is 0. The number of rotatable bonds is 4. The van der Waals surface area contributed by atoms with Crippen LogP contribution in [-0.4, -0.2) is 0 Å². The van der Waals surface area contributed by atoms with Crippen molar-refractivity contribution in [2.45, 2.75) is 6.61 Å². The first-order chi connectivity index (χ1) is 9.33.